The minimum atomic E-state index is 0.604. The topological polar surface area (TPSA) is 0 Å². The van der Waals surface area contributed by atoms with Gasteiger partial charge in [-0.2, -0.15) is 0 Å². The predicted molar refractivity (Wildman–Crippen MR) is 77.8 cm³/mol. The zero-order valence-electron chi connectivity index (χ0n) is 11.2. The first-order valence-electron chi connectivity index (χ1n) is 7.05. The van der Waals surface area contributed by atoms with E-state index in [1.807, 2.05) is 0 Å². The Bertz CT molecular complexity index is 504. The zero-order valence-corrected chi connectivity index (χ0v) is 11.2. The number of benzene rings is 2. The molecule has 0 radical (unpaired) electrons. The normalized spacial score (nSPS) is 13.7. The van der Waals surface area contributed by atoms with E-state index >= 15 is 0 Å². The zero-order chi connectivity index (χ0) is 12.5. The lowest BCUT2D eigenvalue weighted by Crippen LogP contribution is -2.10. The van der Waals surface area contributed by atoms with Crippen LogP contribution in [0, 0.1) is 5.92 Å². The van der Waals surface area contributed by atoms with Gasteiger partial charge in [0.2, 0.25) is 0 Å². The van der Waals surface area contributed by atoms with Gasteiger partial charge in [0.15, 0.2) is 0 Å². The highest BCUT2D eigenvalue weighted by molar-refractivity contribution is 5.78. The molecule has 18 heavy (non-hydrogen) atoms. The molecule has 92 valence electrons. The van der Waals surface area contributed by atoms with Crippen LogP contribution < -0.4 is 0 Å². The van der Waals surface area contributed by atoms with Gasteiger partial charge in [-0.15, -0.1) is 0 Å². The van der Waals surface area contributed by atoms with Gasteiger partial charge in [-0.25, -0.2) is 0 Å². The molecule has 0 unspecified atom stereocenters. The number of hydrogen-bond donors (Lipinski definition) is 0. The van der Waals surface area contributed by atoms with E-state index in [-0.39, 0.29) is 0 Å². The van der Waals surface area contributed by atoms with Crippen LogP contribution in [0.5, 0.6) is 0 Å². The molecule has 0 saturated carbocycles. The van der Waals surface area contributed by atoms with Gasteiger partial charge in [0, 0.05) is 5.92 Å². The maximum Gasteiger partial charge on any atom is 0.0130 e. The van der Waals surface area contributed by atoms with Crippen LogP contribution in [-0.4, -0.2) is 0 Å². The Morgan fingerprint density at radius 2 is 1.22 bits per heavy atom. The van der Waals surface area contributed by atoms with Crippen molar-refractivity contribution in [2.75, 3.05) is 0 Å². The molecule has 0 nitrogen and oxygen atoms in total. The molecule has 0 spiro atoms. The van der Waals surface area contributed by atoms with Crippen molar-refractivity contribution in [1.29, 1.82) is 0 Å². The van der Waals surface area contributed by atoms with Crippen molar-refractivity contribution in [3.63, 3.8) is 0 Å². The lowest BCUT2D eigenvalue weighted by Gasteiger charge is -2.23. The summed E-state index contributed by atoms with van der Waals surface area (Å²) in [5.74, 6) is 1.36. The predicted octanol–water partition coefficient (Wildman–Crippen LogP) is 5.24. The summed E-state index contributed by atoms with van der Waals surface area (Å²) in [4.78, 5) is 0. The van der Waals surface area contributed by atoms with Crippen LogP contribution in [0.3, 0.4) is 0 Å². The molecule has 0 aromatic heterocycles. The smallest absolute Gasteiger partial charge is 0.0130 e. The molecule has 2 aromatic rings. The van der Waals surface area contributed by atoms with Gasteiger partial charge in [0.25, 0.3) is 0 Å². The van der Waals surface area contributed by atoms with Crippen LogP contribution in [-0.2, 0) is 0 Å². The summed E-state index contributed by atoms with van der Waals surface area (Å²) in [5.41, 5.74) is 5.97. The summed E-state index contributed by atoms with van der Waals surface area (Å²) in [6.07, 6.45) is 2.51. The summed E-state index contributed by atoms with van der Waals surface area (Å²) in [6.45, 7) is 4.63. The van der Waals surface area contributed by atoms with E-state index in [1.165, 1.54) is 35.1 Å². The molecule has 0 fully saturated rings. The van der Waals surface area contributed by atoms with Gasteiger partial charge in [0.1, 0.15) is 0 Å². The van der Waals surface area contributed by atoms with Crippen LogP contribution >= 0.6 is 0 Å². The first kappa shape index (κ1) is 11.5. The van der Waals surface area contributed by atoms with Gasteiger partial charge >= 0.3 is 0 Å². The fourth-order valence-corrected chi connectivity index (χ4v) is 3.46. The molecule has 0 N–H and O–H groups in total. The van der Waals surface area contributed by atoms with Crippen LogP contribution in [0.1, 0.15) is 43.7 Å². The van der Waals surface area contributed by atoms with Gasteiger partial charge in [0.05, 0.1) is 0 Å². The van der Waals surface area contributed by atoms with Crippen molar-refractivity contribution >= 4 is 0 Å². The summed E-state index contributed by atoms with van der Waals surface area (Å²) in [5, 5.41) is 0. The van der Waals surface area contributed by atoms with Gasteiger partial charge in [-0.3, -0.25) is 0 Å². The molecular formula is C18H20. The fraction of sp³-hybridized carbons (Fsp3) is 0.333. The molecule has 0 saturated heterocycles. The second-order valence-corrected chi connectivity index (χ2v) is 5.23. The van der Waals surface area contributed by atoms with Crippen molar-refractivity contribution in [3.8, 4) is 11.1 Å². The largest absolute Gasteiger partial charge is 0.0651 e. The van der Waals surface area contributed by atoms with Crippen molar-refractivity contribution in [2.45, 2.75) is 32.6 Å². The molecule has 1 aliphatic rings. The average Bonchev–Trinajstić information content (AvgIpc) is 2.76. The molecule has 0 atom stereocenters. The lowest BCUT2D eigenvalue weighted by molar-refractivity contribution is 0.443. The second kappa shape index (κ2) is 4.61. The van der Waals surface area contributed by atoms with Crippen molar-refractivity contribution in [2.24, 2.45) is 5.92 Å². The fourth-order valence-electron chi connectivity index (χ4n) is 3.46. The van der Waals surface area contributed by atoms with Gasteiger partial charge in [-0.05, 0) is 28.2 Å². The summed E-state index contributed by atoms with van der Waals surface area (Å²) < 4.78 is 0. The maximum absolute atomic E-state index is 2.32. The molecule has 0 amide bonds. The first-order chi connectivity index (χ1) is 8.86. The Labute approximate surface area is 110 Å². The van der Waals surface area contributed by atoms with E-state index in [1.54, 1.807) is 0 Å². The van der Waals surface area contributed by atoms with Gasteiger partial charge in [-0.1, -0.05) is 75.2 Å². The average molecular weight is 236 g/mol. The monoisotopic (exact) mass is 236 g/mol. The highest BCUT2D eigenvalue weighted by Gasteiger charge is 2.32. The van der Waals surface area contributed by atoms with Crippen LogP contribution in [0.15, 0.2) is 48.5 Å². The van der Waals surface area contributed by atoms with E-state index < -0.39 is 0 Å². The Kier molecular flexibility index (Phi) is 2.95. The molecule has 0 aliphatic heterocycles. The highest BCUT2D eigenvalue weighted by Crippen LogP contribution is 2.49. The van der Waals surface area contributed by atoms with Crippen molar-refractivity contribution in [3.05, 3.63) is 59.7 Å². The quantitative estimate of drug-likeness (QED) is 0.684. The Balaban J connectivity index is 2.20. The molecule has 0 heteroatoms. The molecule has 2 aromatic carbocycles. The minimum Gasteiger partial charge on any atom is -0.0651 e. The minimum absolute atomic E-state index is 0.604. The molecular weight excluding hydrogens is 216 g/mol. The van der Waals surface area contributed by atoms with E-state index in [4.69, 9.17) is 0 Å². The SMILES string of the molecule is CCC(CC)C1c2ccccc2-c2ccccc21. The van der Waals surface area contributed by atoms with Crippen molar-refractivity contribution < 1.29 is 0 Å². The third-order valence-corrected chi connectivity index (χ3v) is 4.40. The number of hydrogen-bond acceptors (Lipinski definition) is 0. The third-order valence-electron chi connectivity index (χ3n) is 4.40. The summed E-state index contributed by atoms with van der Waals surface area (Å²) in [7, 11) is 0. The number of rotatable bonds is 3. The van der Waals surface area contributed by atoms with E-state index in [0.717, 1.165) is 5.92 Å². The Morgan fingerprint density at radius 1 is 0.778 bits per heavy atom. The van der Waals surface area contributed by atoms with Crippen LogP contribution in [0.2, 0.25) is 0 Å². The van der Waals surface area contributed by atoms with Crippen LogP contribution in [0.25, 0.3) is 11.1 Å². The van der Waals surface area contributed by atoms with Crippen molar-refractivity contribution in [1.82, 2.24) is 0 Å². The maximum atomic E-state index is 2.32. The Hall–Kier alpha value is -1.56. The number of fused-ring (bicyclic) bond motifs is 3. The lowest BCUT2D eigenvalue weighted by atomic mass is 9.81. The van der Waals surface area contributed by atoms with Crippen LogP contribution in [0.4, 0.5) is 0 Å². The molecule has 0 heterocycles. The standard InChI is InChI=1S/C18H20/c1-3-13(4-2)18-16-11-7-5-9-14(16)15-10-6-8-12-17(15)18/h5-13,18H,3-4H2,1-2H3. The summed E-state index contributed by atoms with van der Waals surface area (Å²) >= 11 is 0. The second-order valence-electron chi connectivity index (χ2n) is 5.23. The molecule has 3 rings (SSSR count). The van der Waals surface area contributed by atoms with E-state index in [0.29, 0.717) is 5.92 Å². The highest BCUT2D eigenvalue weighted by atomic mass is 14.3. The Morgan fingerprint density at radius 3 is 1.67 bits per heavy atom. The molecule has 1 aliphatic carbocycles. The van der Waals surface area contributed by atoms with E-state index in [2.05, 4.69) is 62.4 Å². The molecule has 0 bridgehead atoms. The van der Waals surface area contributed by atoms with Gasteiger partial charge < -0.3 is 0 Å². The van der Waals surface area contributed by atoms with E-state index in [9.17, 15) is 0 Å². The third kappa shape index (κ3) is 1.59. The summed E-state index contributed by atoms with van der Waals surface area (Å²) in [6, 6.07) is 17.9. The first-order valence-corrected chi connectivity index (χ1v) is 7.05.